The van der Waals surface area contributed by atoms with Crippen LogP contribution in [0.15, 0.2) is 0 Å². The van der Waals surface area contributed by atoms with Gasteiger partial charge in [-0.25, -0.2) is 0 Å². The summed E-state index contributed by atoms with van der Waals surface area (Å²) in [5.41, 5.74) is 0. The fourth-order valence-electron chi connectivity index (χ4n) is 0.0552. The summed E-state index contributed by atoms with van der Waals surface area (Å²) < 4.78 is 0. The molecule has 2 nitrogen and oxygen atoms in total. The van der Waals surface area contributed by atoms with Crippen molar-refractivity contribution in [1.82, 2.24) is 0 Å². The lowest BCUT2D eigenvalue weighted by atomic mass is 10.2. The topological polar surface area (TPSA) is 40.9 Å². The number of nitriles is 1. The van der Waals surface area contributed by atoms with Crippen LogP contribution >= 0.6 is 12.6 Å². The smallest absolute Gasteiger partial charge is 0.202 e. The second-order valence-corrected chi connectivity index (χ2v) is 1.63. The highest BCUT2D eigenvalue weighted by Gasteiger charge is 2.03. The van der Waals surface area contributed by atoms with Crippen molar-refractivity contribution in [2.75, 3.05) is 0 Å². The molecule has 0 fully saturated rings. The second-order valence-electron chi connectivity index (χ2n) is 1.19. The van der Waals surface area contributed by atoms with Crippen LogP contribution in [0.3, 0.4) is 0 Å². The van der Waals surface area contributed by atoms with Gasteiger partial charge in [0.1, 0.15) is 5.92 Å². The average Bonchev–Trinajstić information content (AvgIpc) is 1.65. The summed E-state index contributed by atoms with van der Waals surface area (Å²) in [6, 6.07) is 1.74. The average molecular weight is 115 g/mol. The minimum Gasteiger partial charge on any atom is -0.286 e. The predicted octanol–water partition coefficient (Wildman–Crippen LogP) is 0.602. The van der Waals surface area contributed by atoms with Crippen LogP contribution in [0.1, 0.15) is 6.92 Å². The third-order valence-corrected chi connectivity index (χ3v) is 0.951. The molecule has 3 heteroatoms. The van der Waals surface area contributed by atoms with Crippen molar-refractivity contribution in [2.45, 2.75) is 6.92 Å². The minimum absolute atomic E-state index is 0.373. The normalized spacial score (nSPS) is 12.1. The third kappa shape index (κ3) is 2.24. The first-order valence-corrected chi connectivity index (χ1v) is 2.25. The van der Waals surface area contributed by atoms with E-state index in [0.29, 0.717) is 0 Å². The van der Waals surface area contributed by atoms with Crippen LogP contribution in [0.4, 0.5) is 0 Å². The molecule has 0 rings (SSSR count). The van der Waals surface area contributed by atoms with Crippen molar-refractivity contribution in [2.24, 2.45) is 5.92 Å². The highest BCUT2D eigenvalue weighted by Crippen LogP contribution is 1.95. The Labute approximate surface area is 47.5 Å². The first-order chi connectivity index (χ1) is 3.18. The molecule has 0 amide bonds. The molecule has 0 spiro atoms. The van der Waals surface area contributed by atoms with E-state index < -0.39 is 5.92 Å². The molecular formula is C4H5NOS. The Hall–Kier alpha value is -0.490. The van der Waals surface area contributed by atoms with Crippen molar-refractivity contribution in [1.29, 1.82) is 5.26 Å². The summed E-state index contributed by atoms with van der Waals surface area (Å²) in [4.78, 5) is 10.0. The van der Waals surface area contributed by atoms with Gasteiger partial charge in [-0.05, 0) is 6.92 Å². The number of nitrogens with zero attached hydrogens (tertiary/aromatic N) is 1. The van der Waals surface area contributed by atoms with Gasteiger partial charge < -0.3 is 0 Å². The van der Waals surface area contributed by atoms with E-state index in [1.165, 1.54) is 6.92 Å². The van der Waals surface area contributed by atoms with Gasteiger partial charge in [-0.2, -0.15) is 5.26 Å². The van der Waals surface area contributed by atoms with E-state index in [2.05, 4.69) is 12.6 Å². The summed E-state index contributed by atoms with van der Waals surface area (Å²) in [7, 11) is 0. The van der Waals surface area contributed by atoms with Gasteiger partial charge in [0.25, 0.3) is 0 Å². The van der Waals surface area contributed by atoms with Crippen LogP contribution in [0.2, 0.25) is 0 Å². The second kappa shape index (κ2) is 2.64. The van der Waals surface area contributed by atoms with Gasteiger partial charge in [0.15, 0.2) is 0 Å². The first kappa shape index (κ1) is 6.51. The molecular weight excluding hydrogens is 110 g/mol. The van der Waals surface area contributed by atoms with Crippen molar-refractivity contribution in [3.8, 4) is 6.07 Å². The summed E-state index contributed by atoms with van der Waals surface area (Å²) in [6.07, 6.45) is 0. The maximum atomic E-state index is 10.0. The molecule has 0 aliphatic rings. The van der Waals surface area contributed by atoms with Crippen LogP contribution in [-0.4, -0.2) is 5.12 Å². The monoisotopic (exact) mass is 115 g/mol. The molecule has 1 atom stereocenters. The Kier molecular flexibility index (Phi) is 2.46. The molecule has 0 aromatic heterocycles. The first-order valence-electron chi connectivity index (χ1n) is 1.81. The summed E-state index contributed by atoms with van der Waals surface area (Å²) in [5.74, 6) is -0.566. The van der Waals surface area contributed by atoms with Gasteiger partial charge in [0.2, 0.25) is 5.12 Å². The Bertz CT molecular complexity index is 115. The Balaban J connectivity index is 3.63. The fourth-order valence-corrected chi connectivity index (χ4v) is 0.113. The minimum atomic E-state index is -0.566. The molecule has 0 radical (unpaired) electrons. The molecule has 1 unspecified atom stereocenters. The van der Waals surface area contributed by atoms with Crippen LogP contribution < -0.4 is 0 Å². The SMILES string of the molecule is CC(C#N)C(=O)S. The van der Waals surface area contributed by atoms with Gasteiger partial charge in [0.05, 0.1) is 6.07 Å². The molecule has 7 heavy (non-hydrogen) atoms. The highest BCUT2D eigenvalue weighted by atomic mass is 32.1. The molecule has 38 valence electrons. The van der Waals surface area contributed by atoms with E-state index in [9.17, 15) is 4.79 Å². The van der Waals surface area contributed by atoms with Crippen molar-refractivity contribution >= 4 is 17.7 Å². The van der Waals surface area contributed by atoms with Crippen LogP contribution in [0.25, 0.3) is 0 Å². The zero-order valence-corrected chi connectivity index (χ0v) is 4.77. The van der Waals surface area contributed by atoms with Crippen molar-refractivity contribution < 1.29 is 4.79 Å². The Morgan fingerprint density at radius 2 is 2.43 bits per heavy atom. The third-order valence-electron chi connectivity index (χ3n) is 0.564. The number of thiol groups is 1. The fraction of sp³-hybridized carbons (Fsp3) is 0.500. The molecule has 0 bridgehead atoms. The van der Waals surface area contributed by atoms with Crippen LogP contribution in [0.5, 0.6) is 0 Å². The van der Waals surface area contributed by atoms with Gasteiger partial charge in [0, 0.05) is 0 Å². The van der Waals surface area contributed by atoms with E-state index in [4.69, 9.17) is 5.26 Å². The van der Waals surface area contributed by atoms with E-state index in [0.717, 1.165) is 0 Å². The number of carbonyl (C=O) groups excluding carboxylic acids is 1. The summed E-state index contributed by atoms with van der Waals surface area (Å²) >= 11 is 3.41. The zero-order valence-electron chi connectivity index (χ0n) is 3.88. The van der Waals surface area contributed by atoms with Gasteiger partial charge >= 0.3 is 0 Å². The summed E-state index contributed by atoms with van der Waals surface area (Å²) in [6.45, 7) is 1.51. The zero-order chi connectivity index (χ0) is 5.86. The van der Waals surface area contributed by atoms with E-state index >= 15 is 0 Å². The maximum absolute atomic E-state index is 10.0. The number of rotatable bonds is 1. The number of hydrogen-bond donors (Lipinski definition) is 1. The molecule has 0 N–H and O–H groups in total. The molecule has 0 aliphatic heterocycles. The lowest BCUT2D eigenvalue weighted by Crippen LogP contribution is -1.98. The Morgan fingerprint density at radius 3 is 2.43 bits per heavy atom. The molecule has 0 saturated carbocycles. The predicted molar refractivity (Wildman–Crippen MR) is 28.8 cm³/mol. The lowest BCUT2D eigenvalue weighted by Gasteiger charge is -1.86. The van der Waals surface area contributed by atoms with Gasteiger partial charge in [-0.15, -0.1) is 12.6 Å². The van der Waals surface area contributed by atoms with Crippen molar-refractivity contribution in [3.63, 3.8) is 0 Å². The summed E-state index contributed by atoms with van der Waals surface area (Å²) in [5, 5.41) is 7.61. The standard InChI is InChI=1S/C4H5NOS/c1-3(2-5)4(6)7/h3H,1H3,(H,6,7). The molecule has 0 heterocycles. The van der Waals surface area contributed by atoms with Gasteiger partial charge in [-0.1, -0.05) is 0 Å². The molecule has 0 aromatic carbocycles. The van der Waals surface area contributed by atoms with Crippen molar-refractivity contribution in [3.05, 3.63) is 0 Å². The highest BCUT2D eigenvalue weighted by molar-refractivity contribution is 7.96. The lowest BCUT2D eigenvalue weighted by molar-refractivity contribution is -0.112. The van der Waals surface area contributed by atoms with E-state index in [-0.39, 0.29) is 5.12 Å². The number of carbonyl (C=O) groups is 1. The van der Waals surface area contributed by atoms with Crippen LogP contribution in [0, 0.1) is 17.2 Å². The molecule has 0 aliphatic carbocycles. The van der Waals surface area contributed by atoms with E-state index in [1.807, 2.05) is 0 Å². The largest absolute Gasteiger partial charge is 0.286 e. The van der Waals surface area contributed by atoms with E-state index in [1.54, 1.807) is 6.07 Å². The maximum Gasteiger partial charge on any atom is 0.202 e. The number of hydrogen-bond acceptors (Lipinski definition) is 2. The molecule has 0 aromatic rings. The molecule has 0 saturated heterocycles. The van der Waals surface area contributed by atoms with Crippen LogP contribution in [-0.2, 0) is 4.79 Å². The quantitative estimate of drug-likeness (QED) is 0.508. The van der Waals surface area contributed by atoms with Gasteiger partial charge in [-0.3, -0.25) is 4.79 Å². The Morgan fingerprint density at radius 1 is 2.00 bits per heavy atom.